The molecular weight excluding hydrogens is 258 g/mol. The van der Waals surface area contributed by atoms with E-state index in [9.17, 15) is 9.59 Å². The largest absolute Gasteiger partial charge is 0.378 e. The highest BCUT2D eigenvalue weighted by atomic mass is 16.5. The molecule has 1 aliphatic rings. The third-order valence-corrected chi connectivity index (χ3v) is 4.74. The molecule has 0 radical (unpaired) electrons. The molecule has 6 heteroatoms. The molecule has 2 atom stereocenters. The number of carbonyl (C=O) groups is 2. The molecule has 0 spiro atoms. The number of hydrogen-bond acceptors (Lipinski definition) is 4. The van der Waals surface area contributed by atoms with E-state index >= 15 is 0 Å². The first-order valence-corrected chi connectivity index (χ1v) is 7.01. The topological polar surface area (TPSA) is 70.7 Å². The van der Waals surface area contributed by atoms with Crippen molar-refractivity contribution in [2.45, 2.75) is 45.8 Å². The number of ether oxygens (including phenoxy) is 1. The number of imide groups is 1. The minimum Gasteiger partial charge on any atom is -0.378 e. The highest BCUT2D eigenvalue weighted by Gasteiger charge is 2.59. The van der Waals surface area contributed by atoms with Crippen molar-refractivity contribution in [2.24, 2.45) is 5.41 Å². The summed E-state index contributed by atoms with van der Waals surface area (Å²) in [5, 5.41) is 4.85. The van der Waals surface area contributed by atoms with Crippen LogP contribution in [0.4, 0.5) is 4.79 Å². The number of urea groups is 1. The molecule has 0 saturated heterocycles. The number of hydrogen-bond donors (Lipinski definition) is 2. The van der Waals surface area contributed by atoms with Gasteiger partial charge in [0.2, 0.25) is 5.91 Å². The van der Waals surface area contributed by atoms with Crippen molar-refractivity contribution in [3.05, 3.63) is 0 Å². The summed E-state index contributed by atoms with van der Waals surface area (Å²) >= 11 is 0. The lowest BCUT2D eigenvalue weighted by Gasteiger charge is -2.61. The van der Waals surface area contributed by atoms with Crippen LogP contribution >= 0.6 is 0 Å². The van der Waals surface area contributed by atoms with Gasteiger partial charge in [0, 0.05) is 25.1 Å². The first-order chi connectivity index (χ1) is 9.17. The van der Waals surface area contributed by atoms with E-state index in [2.05, 4.69) is 31.4 Å². The molecule has 0 aromatic rings. The summed E-state index contributed by atoms with van der Waals surface area (Å²) < 4.78 is 5.58. The number of rotatable bonds is 5. The van der Waals surface area contributed by atoms with Gasteiger partial charge in [0.1, 0.15) is 0 Å². The number of amides is 3. The van der Waals surface area contributed by atoms with E-state index in [1.807, 2.05) is 11.9 Å². The molecule has 2 N–H and O–H groups in total. The van der Waals surface area contributed by atoms with Crippen LogP contribution in [0.5, 0.6) is 0 Å². The molecule has 3 amide bonds. The van der Waals surface area contributed by atoms with Crippen LogP contribution in [-0.4, -0.2) is 55.7 Å². The second-order valence-corrected chi connectivity index (χ2v) is 6.20. The predicted octanol–water partition coefficient (Wildman–Crippen LogP) is 0.968. The van der Waals surface area contributed by atoms with Crippen LogP contribution in [-0.2, 0) is 9.53 Å². The molecule has 0 bridgehead atoms. The molecule has 0 heterocycles. The average Bonchev–Trinajstić information content (AvgIpc) is 2.34. The van der Waals surface area contributed by atoms with Gasteiger partial charge < -0.3 is 10.1 Å². The summed E-state index contributed by atoms with van der Waals surface area (Å²) in [7, 11) is 3.62. The van der Waals surface area contributed by atoms with Gasteiger partial charge in [0.25, 0.3) is 0 Å². The summed E-state index contributed by atoms with van der Waals surface area (Å²) in [4.78, 5) is 25.0. The van der Waals surface area contributed by atoms with Gasteiger partial charge in [-0.2, -0.15) is 0 Å². The first-order valence-electron chi connectivity index (χ1n) is 7.01. The third-order valence-electron chi connectivity index (χ3n) is 4.74. The smallest absolute Gasteiger partial charge is 0.321 e. The zero-order valence-corrected chi connectivity index (χ0v) is 13.4. The van der Waals surface area contributed by atoms with Crippen LogP contribution in [0.25, 0.3) is 0 Å². The average molecular weight is 285 g/mol. The summed E-state index contributed by atoms with van der Waals surface area (Å²) in [6.45, 7) is 8.87. The summed E-state index contributed by atoms with van der Waals surface area (Å²) in [6, 6.07) is -0.187. The fourth-order valence-corrected chi connectivity index (χ4v) is 2.87. The minimum atomic E-state index is -0.444. The van der Waals surface area contributed by atoms with Gasteiger partial charge in [-0.25, -0.2) is 4.79 Å². The fraction of sp³-hybridized carbons (Fsp3) is 0.857. The van der Waals surface area contributed by atoms with Crippen molar-refractivity contribution >= 4 is 11.9 Å². The Bertz CT molecular complexity index is 384. The maximum atomic E-state index is 11.8. The standard InChI is InChI=1S/C14H27N3O3/c1-7-15-12(19)16-11(18)9-17(5)10-8-14(4,20-6)13(10,2)3/h10H,7-9H2,1-6H3,(H2,15,16,18,19)/t10-,14+/m0/s1. The number of carbonyl (C=O) groups excluding carboxylic acids is 2. The lowest BCUT2D eigenvalue weighted by Crippen LogP contribution is -2.68. The second-order valence-electron chi connectivity index (χ2n) is 6.20. The number of nitrogens with zero attached hydrogens (tertiary/aromatic N) is 1. The van der Waals surface area contributed by atoms with Crippen molar-refractivity contribution in [1.29, 1.82) is 0 Å². The van der Waals surface area contributed by atoms with E-state index < -0.39 is 6.03 Å². The van der Waals surface area contributed by atoms with E-state index in [-0.39, 0.29) is 29.5 Å². The van der Waals surface area contributed by atoms with Gasteiger partial charge >= 0.3 is 6.03 Å². The Morgan fingerprint density at radius 2 is 1.95 bits per heavy atom. The molecule has 6 nitrogen and oxygen atoms in total. The molecule has 1 saturated carbocycles. The van der Waals surface area contributed by atoms with Gasteiger partial charge in [-0.05, 0) is 27.3 Å². The first kappa shape index (κ1) is 16.9. The van der Waals surface area contributed by atoms with Crippen LogP contribution in [0.15, 0.2) is 0 Å². The van der Waals surface area contributed by atoms with E-state index in [1.165, 1.54) is 0 Å². The summed E-state index contributed by atoms with van der Waals surface area (Å²) in [5.74, 6) is -0.291. The Kier molecular flexibility index (Phi) is 5.15. The van der Waals surface area contributed by atoms with E-state index in [1.54, 1.807) is 14.0 Å². The predicted molar refractivity (Wildman–Crippen MR) is 77.4 cm³/mol. The molecule has 1 rings (SSSR count). The number of likely N-dealkylation sites (N-methyl/N-ethyl adjacent to an activating group) is 1. The fourth-order valence-electron chi connectivity index (χ4n) is 2.87. The molecule has 0 aliphatic heterocycles. The van der Waals surface area contributed by atoms with E-state index in [4.69, 9.17) is 4.74 Å². The van der Waals surface area contributed by atoms with Gasteiger partial charge in [-0.15, -0.1) is 0 Å². The quantitative estimate of drug-likeness (QED) is 0.789. The number of nitrogens with one attached hydrogen (secondary N) is 2. The Morgan fingerprint density at radius 1 is 1.35 bits per heavy atom. The van der Waals surface area contributed by atoms with E-state index in [0.29, 0.717) is 6.54 Å². The zero-order chi connectivity index (χ0) is 15.6. The molecule has 1 aliphatic carbocycles. The van der Waals surface area contributed by atoms with Crippen molar-refractivity contribution in [2.75, 3.05) is 27.2 Å². The van der Waals surface area contributed by atoms with Crippen molar-refractivity contribution in [3.8, 4) is 0 Å². The van der Waals surface area contributed by atoms with Crippen LogP contribution < -0.4 is 10.6 Å². The maximum absolute atomic E-state index is 11.8. The Labute approximate surface area is 121 Å². The molecule has 0 unspecified atom stereocenters. The van der Waals surface area contributed by atoms with Gasteiger partial charge in [0.05, 0.1) is 12.1 Å². The highest BCUT2D eigenvalue weighted by Crippen LogP contribution is 2.53. The molecule has 116 valence electrons. The van der Waals surface area contributed by atoms with Crippen molar-refractivity contribution in [1.82, 2.24) is 15.5 Å². The molecule has 20 heavy (non-hydrogen) atoms. The molecular formula is C14H27N3O3. The molecule has 0 aromatic heterocycles. The van der Waals surface area contributed by atoms with Crippen LogP contribution in [0.2, 0.25) is 0 Å². The van der Waals surface area contributed by atoms with Gasteiger partial charge in [-0.1, -0.05) is 13.8 Å². The highest BCUT2D eigenvalue weighted by molar-refractivity contribution is 5.95. The molecule has 0 aromatic carbocycles. The number of methoxy groups -OCH3 is 1. The Hall–Kier alpha value is -1.14. The summed E-state index contributed by atoms with van der Waals surface area (Å²) in [6.07, 6.45) is 0.876. The van der Waals surface area contributed by atoms with Crippen molar-refractivity contribution < 1.29 is 14.3 Å². The minimum absolute atomic E-state index is 0.0392. The molecule has 1 fully saturated rings. The van der Waals surface area contributed by atoms with Gasteiger partial charge in [-0.3, -0.25) is 15.0 Å². The SMILES string of the molecule is CCNC(=O)NC(=O)CN(C)[C@H]1C[C@@](C)(OC)C1(C)C. The van der Waals surface area contributed by atoms with Crippen molar-refractivity contribution in [3.63, 3.8) is 0 Å². The Balaban J connectivity index is 2.51. The lowest BCUT2D eigenvalue weighted by molar-refractivity contribution is -0.205. The Morgan fingerprint density at radius 3 is 2.40 bits per heavy atom. The maximum Gasteiger partial charge on any atom is 0.321 e. The second kappa shape index (κ2) is 6.10. The van der Waals surface area contributed by atoms with Crippen LogP contribution in [0.3, 0.4) is 0 Å². The van der Waals surface area contributed by atoms with Gasteiger partial charge in [0.15, 0.2) is 0 Å². The summed E-state index contributed by atoms with van der Waals surface area (Å²) in [5.41, 5.74) is -0.204. The lowest BCUT2D eigenvalue weighted by atomic mass is 9.55. The van der Waals surface area contributed by atoms with Crippen LogP contribution in [0.1, 0.15) is 34.1 Å². The normalized spacial score (nSPS) is 27.9. The monoisotopic (exact) mass is 285 g/mol. The zero-order valence-electron chi connectivity index (χ0n) is 13.4. The van der Waals surface area contributed by atoms with Crippen LogP contribution in [0, 0.1) is 5.41 Å². The van der Waals surface area contributed by atoms with E-state index in [0.717, 1.165) is 6.42 Å². The third kappa shape index (κ3) is 3.12.